The van der Waals surface area contributed by atoms with Crippen molar-refractivity contribution in [2.24, 2.45) is 0 Å². The van der Waals surface area contributed by atoms with E-state index in [-0.39, 0.29) is 21.3 Å². The van der Waals surface area contributed by atoms with E-state index < -0.39 is 18.0 Å². The van der Waals surface area contributed by atoms with Crippen molar-refractivity contribution >= 4 is 57.4 Å². The third kappa shape index (κ3) is 4.89. The van der Waals surface area contributed by atoms with E-state index >= 15 is 0 Å². The monoisotopic (exact) mass is 475 g/mol. The molecule has 0 saturated carbocycles. The van der Waals surface area contributed by atoms with Crippen molar-refractivity contribution in [1.29, 1.82) is 0 Å². The Morgan fingerprint density at radius 2 is 1.83 bits per heavy atom. The number of alkyl halides is 3. The highest BCUT2D eigenvalue weighted by Crippen LogP contribution is 2.32. The van der Waals surface area contributed by atoms with E-state index in [9.17, 15) is 18.0 Å². The van der Waals surface area contributed by atoms with Crippen molar-refractivity contribution in [3.8, 4) is 5.75 Å². The van der Waals surface area contributed by atoms with Crippen molar-refractivity contribution in [2.75, 3.05) is 5.32 Å². The molecule has 23 heavy (non-hydrogen) atoms. The number of anilines is 1. The molecule has 122 valence electrons. The second-order valence-electron chi connectivity index (χ2n) is 4.25. The van der Waals surface area contributed by atoms with Gasteiger partial charge in [0.1, 0.15) is 0 Å². The Hall–Kier alpha value is -1.19. The summed E-state index contributed by atoms with van der Waals surface area (Å²) in [6, 6.07) is 8.04. The van der Waals surface area contributed by atoms with Crippen LogP contribution >= 0.6 is 45.8 Å². The predicted molar refractivity (Wildman–Crippen MR) is 90.3 cm³/mol. The molecule has 3 nitrogen and oxygen atoms in total. The van der Waals surface area contributed by atoms with Crippen LogP contribution in [-0.4, -0.2) is 12.3 Å². The molecule has 9 heteroatoms. The lowest BCUT2D eigenvalue weighted by Gasteiger charge is -2.14. The number of benzene rings is 2. The number of para-hydroxylation sites is 2. The van der Waals surface area contributed by atoms with Gasteiger partial charge in [0.05, 0.1) is 16.3 Å². The number of carbonyl (C=O) groups is 1. The fraction of sp³-hybridized carbons (Fsp3) is 0.0714. The first-order valence-corrected chi connectivity index (χ1v) is 7.81. The van der Waals surface area contributed by atoms with Gasteiger partial charge in [-0.05, 0) is 46.9 Å². The summed E-state index contributed by atoms with van der Waals surface area (Å²) >= 11 is 13.6. The van der Waals surface area contributed by atoms with Gasteiger partial charge in [0.25, 0.3) is 5.91 Å². The first kappa shape index (κ1) is 18.2. The number of carbonyl (C=O) groups excluding carboxylic acids is 1. The van der Waals surface area contributed by atoms with Gasteiger partial charge in [0.2, 0.25) is 0 Å². The average Bonchev–Trinajstić information content (AvgIpc) is 2.43. The Balaban J connectivity index is 2.32. The van der Waals surface area contributed by atoms with Crippen molar-refractivity contribution < 1.29 is 22.7 Å². The lowest BCUT2D eigenvalue weighted by molar-refractivity contribution is -0.274. The summed E-state index contributed by atoms with van der Waals surface area (Å²) in [7, 11) is 0. The van der Waals surface area contributed by atoms with Crippen LogP contribution in [0.1, 0.15) is 10.4 Å². The Morgan fingerprint density at radius 1 is 1.17 bits per heavy atom. The van der Waals surface area contributed by atoms with Crippen LogP contribution in [0.5, 0.6) is 5.75 Å². The van der Waals surface area contributed by atoms with Gasteiger partial charge in [0, 0.05) is 8.59 Å². The van der Waals surface area contributed by atoms with Crippen LogP contribution in [0.25, 0.3) is 0 Å². The normalized spacial score (nSPS) is 11.2. The van der Waals surface area contributed by atoms with E-state index in [1.54, 1.807) is 0 Å². The van der Waals surface area contributed by atoms with Gasteiger partial charge in [-0.25, -0.2) is 0 Å². The molecule has 0 atom stereocenters. The number of ether oxygens (including phenoxy) is 1. The molecule has 1 N–H and O–H groups in total. The van der Waals surface area contributed by atoms with Gasteiger partial charge in [-0.1, -0.05) is 35.3 Å². The van der Waals surface area contributed by atoms with Gasteiger partial charge in [-0.2, -0.15) is 0 Å². The first-order valence-electron chi connectivity index (χ1n) is 5.98. The van der Waals surface area contributed by atoms with Gasteiger partial charge in [0.15, 0.2) is 5.75 Å². The SMILES string of the molecule is O=C(Nc1ccccc1OC(F)(F)F)c1cc(Cl)cc(Cl)c1I. The lowest BCUT2D eigenvalue weighted by Crippen LogP contribution is -2.20. The number of rotatable bonds is 3. The molecule has 0 radical (unpaired) electrons. The number of amides is 1. The van der Waals surface area contributed by atoms with E-state index in [1.807, 2.05) is 22.6 Å². The van der Waals surface area contributed by atoms with Crippen LogP contribution < -0.4 is 10.1 Å². The number of hydrogen-bond acceptors (Lipinski definition) is 2. The minimum absolute atomic E-state index is 0.123. The van der Waals surface area contributed by atoms with Crippen LogP contribution in [0.3, 0.4) is 0 Å². The summed E-state index contributed by atoms with van der Waals surface area (Å²) in [4.78, 5) is 12.3. The Labute approximate surface area is 152 Å². The fourth-order valence-electron chi connectivity index (χ4n) is 1.69. The predicted octanol–water partition coefficient (Wildman–Crippen LogP) is 5.75. The second kappa shape index (κ2) is 7.14. The van der Waals surface area contributed by atoms with Crippen molar-refractivity contribution in [1.82, 2.24) is 0 Å². The van der Waals surface area contributed by atoms with Crippen LogP contribution in [-0.2, 0) is 0 Å². The van der Waals surface area contributed by atoms with E-state index in [2.05, 4.69) is 10.1 Å². The Bertz CT molecular complexity index is 753. The molecule has 0 unspecified atom stereocenters. The largest absolute Gasteiger partial charge is 0.573 e. The van der Waals surface area contributed by atoms with Crippen molar-refractivity contribution in [3.63, 3.8) is 0 Å². The fourth-order valence-corrected chi connectivity index (χ4v) is 2.74. The summed E-state index contributed by atoms with van der Waals surface area (Å²) in [6.45, 7) is 0. The molecule has 2 aromatic carbocycles. The maximum absolute atomic E-state index is 12.4. The summed E-state index contributed by atoms with van der Waals surface area (Å²) in [5, 5.41) is 2.86. The molecule has 0 spiro atoms. The third-order valence-corrected chi connectivity index (χ3v) is 4.60. The first-order chi connectivity index (χ1) is 10.7. The number of nitrogens with one attached hydrogen (secondary N) is 1. The molecule has 0 aliphatic carbocycles. The molecular formula is C14H7Cl2F3INO2. The molecule has 2 aromatic rings. The highest BCUT2D eigenvalue weighted by Gasteiger charge is 2.32. The van der Waals surface area contributed by atoms with Gasteiger partial charge in [-0.15, -0.1) is 13.2 Å². The second-order valence-corrected chi connectivity index (χ2v) is 6.17. The lowest BCUT2D eigenvalue weighted by atomic mass is 10.2. The van der Waals surface area contributed by atoms with Crippen LogP contribution in [0.15, 0.2) is 36.4 Å². The molecule has 0 aromatic heterocycles. The van der Waals surface area contributed by atoms with Crippen LogP contribution in [0.2, 0.25) is 10.0 Å². The standard InChI is InChI=1S/C14H7Cl2F3INO2/c15-7-5-8(12(20)9(16)6-7)13(22)21-10-3-1-2-4-11(10)23-14(17,18)19/h1-6H,(H,21,22). The topological polar surface area (TPSA) is 38.3 Å². The molecule has 0 aliphatic heterocycles. The maximum Gasteiger partial charge on any atom is 0.573 e. The molecule has 0 heterocycles. The Kier molecular flexibility index (Phi) is 5.64. The van der Waals surface area contributed by atoms with Gasteiger partial charge in [-0.3, -0.25) is 4.79 Å². The van der Waals surface area contributed by atoms with E-state index in [0.29, 0.717) is 3.57 Å². The zero-order chi connectivity index (χ0) is 17.2. The van der Waals surface area contributed by atoms with E-state index in [4.69, 9.17) is 23.2 Å². The molecule has 0 fully saturated rings. The average molecular weight is 476 g/mol. The Morgan fingerprint density at radius 3 is 2.48 bits per heavy atom. The summed E-state index contributed by atoms with van der Waals surface area (Å²) in [5.41, 5.74) is 0.0200. The van der Waals surface area contributed by atoms with Gasteiger partial charge >= 0.3 is 6.36 Å². The summed E-state index contributed by atoms with van der Waals surface area (Å²) < 4.78 is 41.5. The van der Waals surface area contributed by atoms with Crippen molar-refractivity contribution in [2.45, 2.75) is 6.36 Å². The summed E-state index contributed by atoms with van der Waals surface area (Å²) in [5.74, 6) is -1.17. The van der Waals surface area contributed by atoms with Gasteiger partial charge < -0.3 is 10.1 Å². The molecule has 2 rings (SSSR count). The van der Waals surface area contributed by atoms with Crippen LogP contribution in [0.4, 0.5) is 18.9 Å². The maximum atomic E-state index is 12.4. The molecule has 0 bridgehead atoms. The van der Waals surface area contributed by atoms with E-state index in [1.165, 1.54) is 30.3 Å². The minimum Gasteiger partial charge on any atom is -0.404 e. The van der Waals surface area contributed by atoms with Crippen LogP contribution in [0, 0.1) is 3.57 Å². The molecule has 1 amide bonds. The third-order valence-electron chi connectivity index (χ3n) is 2.60. The smallest absolute Gasteiger partial charge is 0.404 e. The minimum atomic E-state index is -4.87. The zero-order valence-corrected chi connectivity index (χ0v) is 14.7. The van der Waals surface area contributed by atoms with Crippen molar-refractivity contribution in [3.05, 3.63) is 55.6 Å². The number of halogens is 6. The molecular weight excluding hydrogens is 469 g/mol. The summed E-state index contributed by atoms with van der Waals surface area (Å²) in [6.07, 6.45) is -4.87. The zero-order valence-electron chi connectivity index (χ0n) is 11.0. The molecule has 0 saturated heterocycles. The highest BCUT2D eigenvalue weighted by molar-refractivity contribution is 14.1. The van der Waals surface area contributed by atoms with E-state index in [0.717, 1.165) is 6.07 Å². The quantitative estimate of drug-likeness (QED) is 0.453. The highest BCUT2D eigenvalue weighted by atomic mass is 127. The number of hydrogen-bond donors (Lipinski definition) is 1. The molecule has 0 aliphatic rings.